The molecule has 0 aromatic heterocycles. The quantitative estimate of drug-likeness (QED) is 0.173. The molecule has 3 rings (SSSR count). The second-order valence-corrected chi connectivity index (χ2v) is 10.1. The monoisotopic (exact) mass is 531 g/mol. The minimum Gasteiger partial charge on any atom is -0.493 e. The Labute approximate surface area is 239 Å². The van der Waals surface area contributed by atoms with Crippen LogP contribution in [0.25, 0.3) is 0 Å². The Kier molecular flexibility index (Phi) is 15.9. The number of hydrogen-bond acceptors (Lipinski definition) is 3. The molecule has 0 aliphatic rings. The van der Waals surface area contributed by atoms with Gasteiger partial charge in [-0.1, -0.05) is 98.3 Å². The van der Waals surface area contributed by atoms with Crippen LogP contribution in [0.15, 0.2) is 78.9 Å². The number of ether oxygens (including phenoxy) is 2. The van der Waals surface area contributed by atoms with Crippen LogP contribution in [0, 0.1) is 11.8 Å². The molecule has 0 bridgehead atoms. The zero-order valence-corrected chi connectivity index (χ0v) is 25.5. The fraction of sp³-hybridized carbons (Fsp3) is 0.500. The summed E-state index contributed by atoms with van der Waals surface area (Å²) >= 11 is 0. The van der Waals surface area contributed by atoms with Gasteiger partial charge in [-0.3, -0.25) is 0 Å². The summed E-state index contributed by atoms with van der Waals surface area (Å²) in [4.78, 5) is 2.28. The highest BCUT2D eigenvalue weighted by molar-refractivity contribution is 5.76. The first-order valence-electron chi connectivity index (χ1n) is 15.5. The average Bonchev–Trinajstić information content (AvgIpc) is 3.00. The summed E-state index contributed by atoms with van der Waals surface area (Å²) in [5.74, 6) is 3.12. The van der Waals surface area contributed by atoms with Crippen LogP contribution in [-0.2, 0) is 0 Å². The number of hydrogen-bond donors (Lipinski definition) is 0. The summed E-state index contributed by atoms with van der Waals surface area (Å²) in [5, 5.41) is 0. The third kappa shape index (κ3) is 11.0. The average molecular weight is 532 g/mol. The lowest BCUT2D eigenvalue weighted by Gasteiger charge is -2.26. The Morgan fingerprint density at radius 3 is 1.28 bits per heavy atom. The highest BCUT2D eigenvalue weighted by atomic mass is 16.5. The molecular weight excluding hydrogens is 478 g/mol. The summed E-state index contributed by atoms with van der Waals surface area (Å²) in [7, 11) is 0. The molecular formula is C36H53NO2. The standard InChI is InChI=1S/C34H47NO2.C2H6/c1-5-9-14-28(7-3)26-36-33-22-18-31(19-23-33)35(30-16-12-11-13-17-30)32-20-24-34(25-21-32)37-27-29(8-4)15-10-6-2;1-2/h11-13,16-25,28-29H,5-10,14-15,26-27H2,1-4H3;1-2H3. The largest absolute Gasteiger partial charge is 0.493 e. The number of unbranched alkanes of at least 4 members (excludes halogenated alkanes) is 2. The molecule has 2 unspecified atom stereocenters. The van der Waals surface area contributed by atoms with Crippen molar-refractivity contribution in [2.24, 2.45) is 11.8 Å². The Balaban J connectivity index is 0.00000260. The summed E-state index contributed by atoms with van der Waals surface area (Å²) in [6.45, 7) is 14.6. The number of rotatable bonds is 17. The molecule has 0 spiro atoms. The molecule has 0 aliphatic carbocycles. The topological polar surface area (TPSA) is 21.7 Å². The normalized spacial score (nSPS) is 12.2. The number of benzene rings is 3. The highest BCUT2D eigenvalue weighted by Gasteiger charge is 2.14. The number of anilines is 3. The first kappa shape index (κ1) is 32.3. The molecule has 0 saturated heterocycles. The fourth-order valence-electron chi connectivity index (χ4n) is 4.63. The molecule has 214 valence electrons. The summed E-state index contributed by atoms with van der Waals surface area (Å²) in [5.41, 5.74) is 3.34. The van der Waals surface area contributed by atoms with E-state index >= 15 is 0 Å². The van der Waals surface area contributed by atoms with Crippen molar-refractivity contribution in [3.63, 3.8) is 0 Å². The summed E-state index contributed by atoms with van der Waals surface area (Å²) < 4.78 is 12.3. The minimum absolute atomic E-state index is 0.625. The van der Waals surface area contributed by atoms with Crippen molar-refractivity contribution < 1.29 is 9.47 Å². The molecule has 0 fully saturated rings. The van der Waals surface area contributed by atoms with Crippen molar-refractivity contribution in [2.75, 3.05) is 18.1 Å². The molecule has 0 saturated carbocycles. The first-order chi connectivity index (χ1) is 19.2. The van der Waals surface area contributed by atoms with Crippen LogP contribution in [0.2, 0.25) is 0 Å². The molecule has 3 aromatic carbocycles. The van der Waals surface area contributed by atoms with Crippen LogP contribution in [0.3, 0.4) is 0 Å². The van der Waals surface area contributed by atoms with Crippen molar-refractivity contribution in [3.05, 3.63) is 78.9 Å². The zero-order chi connectivity index (χ0) is 28.3. The molecule has 0 radical (unpaired) electrons. The fourth-order valence-corrected chi connectivity index (χ4v) is 4.63. The van der Waals surface area contributed by atoms with Crippen LogP contribution >= 0.6 is 0 Å². The molecule has 2 atom stereocenters. The lowest BCUT2D eigenvalue weighted by molar-refractivity contribution is 0.233. The van der Waals surface area contributed by atoms with Gasteiger partial charge in [0, 0.05) is 17.1 Å². The van der Waals surface area contributed by atoms with Crippen LogP contribution in [0.4, 0.5) is 17.1 Å². The van der Waals surface area contributed by atoms with Crippen molar-refractivity contribution in [2.45, 2.75) is 92.9 Å². The van der Waals surface area contributed by atoms with E-state index in [1.54, 1.807) is 0 Å². The van der Waals surface area contributed by atoms with Gasteiger partial charge in [0.25, 0.3) is 0 Å². The Morgan fingerprint density at radius 1 is 0.538 bits per heavy atom. The van der Waals surface area contributed by atoms with Crippen LogP contribution in [0.5, 0.6) is 11.5 Å². The molecule has 0 aliphatic heterocycles. The van der Waals surface area contributed by atoms with Crippen molar-refractivity contribution >= 4 is 17.1 Å². The number of para-hydroxylation sites is 1. The molecule has 0 heterocycles. The minimum atomic E-state index is 0.625. The second-order valence-electron chi connectivity index (χ2n) is 10.1. The van der Waals surface area contributed by atoms with E-state index in [2.05, 4.69) is 111 Å². The van der Waals surface area contributed by atoms with Gasteiger partial charge in [0.2, 0.25) is 0 Å². The highest BCUT2D eigenvalue weighted by Crippen LogP contribution is 2.36. The maximum atomic E-state index is 6.16. The SMILES string of the molecule is CC.CCCCC(CC)COc1ccc(N(c2ccccc2)c2ccc(OCC(CC)CCCC)cc2)cc1. The van der Waals surface area contributed by atoms with Gasteiger partial charge in [0.1, 0.15) is 11.5 Å². The third-order valence-corrected chi connectivity index (χ3v) is 7.26. The van der Waals surface area contributed by atoms with E-state index in [0.29, 0.717) is 11.8 Å². The van der Waals surface area contributed by atoms with E-state index < -0.39 is 0 Å². The van der Waals surface area contributed by atoms with E-state index in [4.69, 9.17) is 9.47 Å². The van der Waals surface area contributed by atoms with E-state index in [-0.39, 0.29) is 0 Å². The molecule has 0 amide bonds. The van der Waals surface area contributed by atoms with Gasteiger partial charge in [-0.2, -0.15) is 0 Å². The van der Waals surface area contributed by atoms with Gasteiger partial charge in [0.15, 0.2) is 0 Å². The van der Waals surface area contributed by atoms with E-state index in [1.165, 1.54) is 38.5 Å². The van der Waals surface area contributed by atoms with Crippen LogP contribution in [-0.4, -0.2) is 13.2 Å². The van der Waals surface area contributed by atoms with Crippen LogP contribution in [0.1, 0.15) is 92.9 Å². The Bertz CT molecular complexity index is 921. The Morgan fingerprint density at radius 2 is 0.923 bits per heavy atom. The smallest absolute Gasteiger partial charge is 0.119 e. The van der Waals surface area contributed by atoms with E-state index in [0.717, 1.165) is 54.6 Å². The lowest BCUT2D eigenvalue weighted by Crippen LogP contribution is -2.12. The predicted octanol–water partition coefficient (Wildman–Crippen LogP) is 11.4. The molecule has 39 heavy (non-hydrogen) atoms. The predicted molar refractivity (Wildman–Crippen MR) is 170 cm³/mol. The second kappa shape index (κ2) is 19.2. The van der Waals surface area contributed by atoms with Gasteiger partial charge in [0.05, 0.1) is 13.2 Å². The van der Waals surface area contributed by atoms with Gasteiger partial charge < -0.3 is 14.4 Å². The summed E-state index contributed by atoms with van der Waals surface area (Å²) in [6, 6.07) is 27.5. The Hall–Kier alpha value is -2.94. The summed E-state index contributed by atoms with van der Waals surface area (Å²) in [6.07, 6.45) is 9.84. The maximum Gasteiger partial charge on any atom is 0.119 e. The molecule has 3 heteroatoms. The van der Waals surface area contributed by atoms with Crippen LogP contribution < -0.4 is 14.4 Å². The van der Waals surface area contributed by atoms with Gasteiger partial charge in [-0.05, 0) is 85.3 Å². The third-order valence-electron chi connectivity index (χ3n) is 7.26. The zero-order valence-electron chi connectivity index (χ0n) is 25.5. The van der Waals surface area contributed by atoms with E-state index in [1.807, 2.05) is 13.8 Å². The lowest BCUT2D eigenvalue weighted by atomic mass is 10.0. The first-order valence-corrected chi connectivity index (χ1v) is 15.5. The van der Waals surface area contributed by atoms with Gasteiger partial charge in [-0.25, -0.2) is 0 Å². The van der Waals surface area contributed by atoms with Crippen molar-refractivity contribution in [3.8, 4) is 11.5 Å². The molecule has 3 aromatic rings. The van der Waals surface area contributed by atoms with Gasteiger partial charge >= 0.3 is 0 Å². The number of nitrogens with zero attached hydrogens (tertiary/aromatic N) is 1. The van der Waals surface area contributed by atoms with Crippen molar-refractivity contribution in [1.82, 2.24) is 0 Å². The van der Waals surface area contributed by atoms with E-state index in [9.17, 15) is 0 Å². The van der Waals surface area contributed by atoms with Gasteiger partial charge in [-0.15, -0.1) is 0 Å². The van der Waals surface area contributed by atoms with Crippen molar-refractivity contribution in [1.29, 1.82) is 0 Å². The molecule has 0 N–H and O–H groups in total. The maximum absolute atomic E-state index is 6.16. The molecule has 3 nitrogen and oxygen atoms in total.